The van der Waals surface area contributed by atoms with Crippen molar-refractivity contribution >= 4 is 11.6 Å². The van der Waals surface area contributed by atoms with Gasteiger partial charge in [-0.05, 0) is 31.0 Å². The van der Waals surface area contributed by atoms with Crippen LogP contribution in [0, 0.1) is 6.92 Å². The molecular formula is C11H15ClO2. The summed E-state index contributed by atoms with van der Waals surface area (Å²) in [4.78, 5) is 0. The van der Waals surface area contributed by atoms with Crippen LogP contribution in [0.3, 0.4) is 0 Å². The molecule has 0 aliphatic heterocycles. The zero-order valence-electron chi connectivity index (χ0n) is 8.62. The van der Waals surface area contributed by atoms with Gasteiger partial charge in [-0.1, -0.05) is 12.1 Å². The number of benzene rings is 1. The fourth-order valence-electron chi connectivity index (χ4n) is 1.35. The van der Waals surface area contributed by atoms with Crippen molar-refractivity contribution < 1.29 is 9.84 Å². The molecule has 1 aromatic carbocycles. The van der Waals surface area contributed by atoms with Crippen LogP contribution in [0.25, 0.3) is 0 Å². The van der Waals surface area contributed by atoms with E-state index in [9.17, 15) is 5.11 Å². The highest BCUT2D eigenvalue weighted by atomic mass is 35.5. The van der Waals surface area contributed by atoms with E-state index in [-0.39, 0.29) is 5.38 Å². The predicted octanol–water partition coefficient (Wildman–Crippen LogP) is 2.66. The third-order valence-electron chi connectivity index (χ3n) is 2.16. The standard InChI is InChI=1S/C11H15ClO2/c1-7-6-9(11(12)8(2)13)4-5-10(7)14-3/h4-6,8,11,13H,1-3H3. The highest BCUT2D eigenvalue weighted by molar-refractivity contribution is 6.21. The third-order valence-corrected chi connectivity index (χ3v) is 2.78. The Balaban J connectivity index is 2.96. The fourth-order valence-corrected chi connectivity index (χ4v) is 1.49. The first-order chi connectivity index (χ1) is 6.56. The number of hydrogen-bond acceptors (Lipinski definition) is 2. The average Bonchev–Trinajstić information content (AvgIpc) is 2.16. The normalized spacial score (nSPS) is 14.9. The molecule has 0 aliphatic rings. The van der Waals surface area contributed by atoms with Gasteiger partial charge in [0.1, 0.15) is 5.75 Å². The summed E-state index contributed by atoms with van der Waals surface area (Å²) >= 11 is 6.02. The third kappa shape index (κ3) is 2.40. The summed E-state index contributed by atoms with van der Waals surface area (Å²) in [6.07, 6.45) is -0.551. The summed E-state index contributed by atoms with van der Waals surface area (Å²) in [6, 6.07) is 5.67. The van der Waals surface area contributed by atoms with E-state index in [1.165, 1.54) is 0 Å². The number of halogens is 1. The first kappa shape index (κ1) is 11.3. The van der Waals surface area contributed by atoms with Gasteiger partial charge >= 0.3 is 0 Å². The highest BCUT2D eigenvalue weighted by Gasteiger charge is 2.14. The minimum Gasteiger partial charge on any atom is -0.496 e. The van der Waals surface area contributed by atoms with E-state index in [0.29, 0.717) is 0 Å². The van der Waals surface area contributed by atoms with Crippen LogP contribution in [0.15, 0.2) is 18.2 Å². The number of alkyl halides is 1. The average molecular weight is 215 g/mol. The number of aliphatic hydroxyl groups is 1. The number of hydrogen-bond donors (Lipinski definition) is 1. The summed E-state index contributed by atoms with van der Waals surface area (Å²) in [6.45, 7) is 3.63. The quantitative estimate of drug-likeness (QED) is 0.784. The van der Waals surface area contributed by atoms with Crippen molar-refractivity contribution in [1.29, 1.82) is 0 Å². The van der Waals surface area contributed by atoms with E-state index in [4.69, 9.17) is 16.3 Å². The van der Waals surface area contributed by atoms with Crippen molar-refractivity contribution in [2.75, 3.05) is 7.11 Å². The molecule has 1 N–H and O–H groups in total. The number of aryl methyl sites for hydroxylation is 1. The monoisotopic (exact) mass is 214 g/mol. The lowest BCUT2D eigenvalue weighted by Gasteiger charge is -2.14. The maximum atomic E-state index is 9.33. The van der Waals surface area contributed by atoms with Gasteiger partial charge in [-0.15, -0.1) is 11.6 Å². The lowest BCUT2D eigenvalue weighted by Crippen LogP contribution is -2.08. The number of methoxy groups -OCH3 is 1. The molecule has 78 valence electrons. The first-order valence-electron chi connectivity index (χ1n) is 4.53. The summed E-state index contributed by atoms with van der Waals surface area (Å²) < 4.78 is 5.13. The van der Waals surface area contributed by atoms with Gasteiger partial charge in [-0.3, -0.25) is 0 Å². The van der Waals surface area contributed by atoms with Crippen LogP contribution >= 0.6 is 11.6 Å². The lowest BCUT2D eigenvalue weighted by molar-refractivity contribution is 0.189. The molecule has 14 heavy (non-hydrogen) atoms. The number of ether oxygens (including phenoxy) is 1. The van der Waals surface area contributed by atoms with Gasteiger partial charge < -0.3 is 9.84 Å². The Labute approximate surface area is 89.5 Å². The van der Waals surface area contributed by atoms with Crippen LogP contribution < -0.4 is 4.74 Å². The predicted molar refractivity (Wildman–Crippen MR) is 58.0 cm³/mol. The SMILES string of the molecule is COc1ccc(C(Cl)C(C)O)cc1C. The maximum Gasteiger partial charge on any atom is 0.121 e. The van der Waals surface area contributed by atoms with Crippen LogP contribution in [0.4, 0.5) is 0 Å². The molecule has 0 heterocycles. The van der Waals surface area contributed by atoms with E-state index in [0.717, 1.165) is 16.9 Å². The molecule has 1 rings (SSSR count). The molecule has 1 aromatic rings. The number of aliphatic hydroxyl groups excluding tert-OH is 1. The second kappa shape index (κ2) is 4.67. The summed E-state index contributed by atoms with van der Waals surface area (Å²) in [5.74, 6) is 0.836. The van der Waals surface area contributed by atoms with Gasteiger partial charge in [0.05, 0.1) is 18.6 Å². The van der Waals surface area contributed by atoms with E-state index in [1.807, 2.05) is 25.1 Å². The van der Waals surface area contributed by atoms with E-state index >= 15 is 0 Å². The maximum absolute atomic E-state index is 9.33. The van der Waals surface area contributed by atoms with Crippen molar-refractivity contribution in [3.05, 3.63) is 29.3 Å². The van der Waals surface area contributed by atoms with Crippen molar-refractivity contribution in [2.45, 2.75) is 25.3 Å². The Bertz CT molecular complexity index is 310. The van der Waals surface area contributed by atoms with Crippen molar-refractivity contribution in [2.24, 2.45) is 0 Å². The van der Waals surface area contributed by atoms with Gasteiger partial charge in [-0.25, -0.2) is 0 Å². The lowest BCUT2D eigenvalue weighted by atomic mass is 10.1. The smallest absolute Gasteiger partial charge is 0.121 e. The zero-order valence-corrected chi connectivity index (χ0v) is 9.38. The Morgan fingerprint density at radius 1 is 1.43 bits per heavy atom. The minimum absolute atomic E-state index is 0.361. The molecule has 0 bridgehead atoms. The fraction of sp³-hybridized carbons (Fsp3) is 0.455. The van der Waals surface area contributed by atoms with Crippen LogP contribution in [0.5, 0.6) is 5.75 Å². The Morgan fingerprint density at radius 3 is 2.50 bits per heavy atom. The summed E-state index contributed by atoms with van der Waals surface area (Å²) in [7, 11) is 1.63. The molecule has 0 aliphatic carbocycles. The van der Waals surface area contributed by atoms with Gasteiger partial charge in [0, 0.05) is 0 Å². The Kier molecular flexibility index (Phi) is 3.78. The molecule has 2 atom stereocenters. The van der Waals surface area contributed by atoms with Gasteiger partial charge in [0.25, 0.3) is 0 Å². The summed E-state index contributed by atoms with van der Waals surface area (Å²) in [5, 5.41) is 8.97. The zero-order chi connectivity index (χ0) is 10.7. The second-order valence-electron chi connectivity index (χ2n) is 3.37. The second-order valence-corrected chi connectivity index (χ2v) is 3.84. The van der Waals surface area contributed by atoms with Gasteiger partial charge in [-0.2, -0.15) is 0 Å². The molecule has 3 heteroatoms. The van der Waals surface area contributed by atoms with Crippen LogP contribution in [-0.2, 0) is 0 Å². The molecular weight excluding hydrogens is 200 g/mol. The molecule has 2 nitrogen and oxygen atoms in total. The van der Waals surface area contributed by atoms with E-state index in [2.05, 4.69) is 0 Å². The molecule has 0 radical (unpaired) electrons. The minimum atomic E-state index is -0.551. The topological polar surface area (TPSA) is 29.5 Å². The molecule has 0 amide bonds. The molecule has 0 saturated heterocycles. The van der Waals surface area contributed by atoms with Crippen molar-refractivity contribution in [3.8, 4) is 5.75 Å². The highest BCUT2D eigenvalue weighted by Crippen LogP contribution is 2.28. The van der Waals surface area contributed by atoms with Gasteiger partial charge in [0.15, 0.2) is 0 Å². The molecule has 0 aromatic heterocycles. The van der Waals surface area contributed by atoms with E-state index < -0.39 is 6.10 Å². The van der Waals surface area contributed by atoms with Crippen molar-refractivity contribution in [3.63, 3.8) is 0 Å². The van der Waals surface area contributed by atoms with Crippen LogP contribution in [0.1, 0.15) is 23.4 Å². The van der Waals surface area contributed by atoms with Crippen LogP contribution in [-0.4, -0.2) is 18.3 Å². The van der Waals surface area contributed by atoms with Gasteiger partial charge in [0.2, 0.25) is 0 Å². The summed E-state index contributed by atoms with van der Waals surface area (Å²) in [5.41, 5.74) is 1.94. The molecule has 0 fully saturated rings. The first-order valence-corrected chi connectivity index (χ1v) is 4.96. The molecule has 0 saturated carbocycles. The Hall–Kier alpha value is -0.730. The van der Waals surface area contributed by atoms with Crippen LogP contribution in [0.2, 0.25) is 0 Å². The largest absolute Gasteiger partial charge is 0.496 e. The molecule has 2 unspecified atom stereocenters. The van der Waals surface area contributed by atoms with E-state index in [1.54, 1.807) is 14.0 Å². The number of rotatable bonds is 3. The Morgan fingerprint density at radius 2 is 2.07 bits per heavy atom. The molecule has 0 spiro atoms. The van der Waals surface area contributed by atoms with Crippen molar-refractivity contribution in [1.82, 2.24) is 0 Å².